The monoisotopic (exact) mass is 301 g/mol. The number of rotatable bonds is 6. The van der Waals surface area contributed by atoms with Gasteiger partial charge in [0.2, 0.25) is 11.8 Å². The fourth-order valence-corrected chi connectivity index (χ4v) is 1.99. The van der Waals surface area contributed by atoms with E-state index in [0.29, 0.717) is 24.4 Å². The Hall–Kier alpha value is -2.63. The Morgan fingerprint density at radius 3 is 2.59 bits per heavy atom. The summed E-state index contributed by atoms with van der Waals surface area (Å²) in [5, 5.41) is 9.11. The van der Waals surface area contributed by atoms with Crippen molar-refractivity contribution in [1.29, 1.82) is 0 Å². The Morgan fingerprint density at radius 2 is 2.00 bits per heavy atom. The number of aryl methyl sites for hydroxylation is 1. The molecule has 1 heterocycles. The maximum atomic E-state index is 12.4. The third kappa shape index (κ3) is 4.44. The first-order chi connectivity index (χ1) is 10.6. The molecule has 6 heteroatoms. The summed E-state index contributed by atoms with van der Waals surface area (Å²) in [6, 6.07) is 10.5. The number of carbonyl (C=O) groups is 2. The van der Waals surface area contributed by atoms with Crippen LogP contribution in [-0.4, -0.2) is 23.0 Å². The predicted molar refractivity (Wildman–Crippen MR) is 82.2 cm³/mol. The highest BCUT2D eigenvalue weighted by molar-refractivity contribution is 5.96. The summed E-state index contributed by atoms with van der Waals surface area (Å²) in [5.74, 6) is 0.449. The first-order valence-electron chi connectivity index (χ1n) is 7.16. The molecule has 2 amide bonds. The summed E-state index contributed by atoms with van der Waals surface area (Å²) in [6.45, 7) is 3.48. The number of nitrogens with one attached hydrogen (secondary N) is 2. The molecule has 1 aromatic carbocycles. The van der Waals surface area contributed by atoms with Crippen LogP contribution < -0.4 is 10.6 Å². The zero-order valence-corrected chi connectivity index (χ0v) is 12.6. The lowest BCUT2D eigenvalue weighted by Gasteiger charge is -2.17. The van der Waals surface area contributed by atoms with Crippen LogP contribution in [0.15, 0.2) is 40.9 Å². The van der Waals surface area contributed by atoms with Gasteiger partial charge < -0.3 is 15.2 Å². The average Bonchev–Trinajstić information content (AvgIpc) is 2.92. The zero-order valence-electron chi connectivity index (χ0n) is 12.6. The lowest BCUT2D eigenvalue weighted by atomic mass is 10.1. The van der Waals surface area contributed by atoms with Crippen molar-refractivity contribution in [3.8, 4) is 0 Å². The smallest absolute Gasteiger partial charge is 0.248 e. The van der Waals surface area contributed by atoms with Gasteiger partial charge in [-0.25, -0.2) is 0 Å². The van der Waals surface area contributed by atoms with E-state index >= 15 is 0 Å². The molecule has 0 saturated carbocycles. The minimum Gasteiger partial charge on any atom is -0.360 e. The van der Waals surface area contributed by atoms with E-state index in [9.17, 15) is 9.59 Å². The summed E-state index contributed by atoms with van der Waals surface area (Å²) in [4.78, 5) is 24.0. The van der Waals surface area contributed by atoms with Crippen molar-refractivity contribution >= 4 is 17.6 Å². The second kappa shape index (κ2) is 7.40. The molecule has 0 saturated heterocycles. The van der Waals surface area contributed by atoms with E-state index in [-0.39, 0.29) is 11.8 Å². The van der Waals surface area contributed by atoms with Crippen molar-refractivity contribution in [1.82, 2.24) is 10.5 Å². The summed E-state index contributed by atoms with van der Waals surface area (Å²) in [7, 11) is 0. The van der Waals surface area contributed by atoms with Crippen LogP contribution in [0, 0.1) is 6.92 Å². The van der Waals surface area contributed by atoms with Crippen LogP contribution in [0.4, 0.5) is 5.82 Å². The molecule has 1 aromatic heterocycles. The zero-order chi connectivity index (χ0) is 15.9. The molecule has 0 aliphatic heterocycles. The highest BCUT2D eigenvalue weighted by Crippen LogP contribution is 2.09. The number of aromatic nitrogens is 1. The third-order valence-electron chi connectivity index (χ3n) is 3.13. The number of nitrogens with zero attached hydrogens (tertiary/aromatic N) is 1. The highest BCUT2D eigenvalue weighted by atomic mass is 16.5. The summed E-state index contributed by atoms with van der Waals surface area (Å²) in [5.41, 5.74) is 0.968. The highest BCUT2D eigenvalue weighted by Gasteiger charge is 2.21. The quantitative estimate of drug-likeness (QED) is 0.855. The lowest BCUT2D eigenvalue weighted by Crippen LogP contribution is -2.45. The maximum Gasteiger partial charge on any atom is 0.248 e. The van der Waals surface area contributed by atoms with E-state index in [1.54, 1.807) is 19.9 Å². The minimum absolute atomic E-state index is 0.174. The maximum absolute atomic E-state index is 12.4. The van der Waals surface area contributed by atoms with Gasteiger partial charge in [-0.15, -0.1) is 0 Å². The number of benzene rings is 1. The molecule has 0 bridgehead atoms. The van der Waals surface area contributed by atoms with Crippen LogP contribution in [0.1, 0.15) is 24.7 Å². The molecule has 22 heavy (non-hydrogen) atoms. The Bertz CT molecular complexity index is 637. The molecular formula is C16H19N3O3. The van der Waals surface area contributed by atoms with Crippen molar-refractivity contribution in [3.63, 3.8) is 0 Å². The van der Waals surface area contributed by atoms with Crippen LogP contribution in [0.25, 0.3) is 0 Å². The first-order valence-corrected chi connectivity index (χ1v) is 7.16. The van der Waals surface area contributed by atoms with Gasteiger partial charge in [-0.2, -0.15) is 0 Å². The molecule has 2 aromatic rings. The molecule has 116 valence electrons. The topological polar surface area (TPSA) is 84.2 Å². The molecular weight excluding hydrogens is 282 g/mol. The third-order valence-corrected chi connectivity index (χ3v) is 3.13. The number of anilines is 1. The fraction of sp³-hybridized carbons (Fsp3) is 0.312. The van der Waals surface area contributed by atoms with E-state index in [4.69, 9.17) is 4.52 Å². The average molecular weight is 301 g/mol. The van der Waals surface area contributed by atoms with Crippen molar-refractivity contribution in [2.24, 2.45) is 0 Å². The van der Waals surface area contributed by atoms with Gasteiger partial charge in [0.25, 0.3) is 0 Å². The molecule has 0 fully saturated rings. The fourth-order valence-electron chi connectivity index (χ4n) is 1.99. The standard InChI is InChI=1S/C16H19N3O3/c1-3-15(20)17-13(10-12-7-5-4-6-8-12)16(21)18-14-9-11(2)22-19-14/h4-9,13H,3,10H2,1-2H3,(H,17,20)(H,18,19,21)/t13-/m0/s1. The van der Waals surface area contributed by atoms with Crippen LogP contribution >= 0.6 is 0 Å². The van der Waals surface area contributed by atoms with E-state index in [2.05, 4.69) is 15.8 Å². The number of amides is 2. The van der Waals surface area contributed by atoms with Gasteiger partial charge in [0.05, 0.1) is 0 Å². The van der Waals surface area contributed by atoms with Gasteiger partial charge in [0.15, 0.2) is 5.82 Å². The molecule has 2 rings (SSSR count). The predicted octanol–water partition coefficient (Wildman–Crippen LogP) is 2.06. The number of carbonyl (C=O) groups excluding carboxylic acids is 2. The van der Waals surface area contributed by atoms with Crippen molar-refractivity contribution in [3.05, 3.63) is 47.7 Å². The molecule has 0 radical (unpaired) electrons. The van der Waals surface area contributed by atoms with E-state index in [0.717, 1.165) is 5.56 Å². The van der Waals surface area contributed by atoms with Crippen LogP contribution in [0.2, 0.25) is 0 Å². The van der Waals surface area contributed by atoms with Gasteiger partial charge in [-0.05, 0) is 12.5 Å². The second-order valence-corrected chi connectivity index (χ2v) is 4.98. The summed E-state index contributed by atoms with van der Waals surface area (Å²) >= 11 is 0. The van der Waals surface area contributed by atoms with Crippen LogP contribution in [0.5, 0.6) is 0 Å². The van der Waals surface area contributed by atoms with E-state index in [1.807, 2.05) is 30.3 Å². The Kier molecular flexibility index (Phi) is 5.30. The Labute approximate surface area is 128 Å². The van der Waals surface area contributed by atoms with Gasteiger partial charge in [-0.1, -0.05) is 42.4 Å². The van der Waals surface area contributed by atoms with Crippen LogP contribution in [-0.2, 0) is 16.0 Å². The van der Waals surface area contributed by atoms with Gasteiger partial charge in [0, 0.05) is 18.9 Å². The molecule has 0 aliphatic rings. The Balaban J connectivity index is 2.08. The van der Waals surface area contributed by atoms with Crippen LogP contribution in [0.3, 0.4) is 0 Å². The van der Waals surface area contributed by atoms with Gasteiger partial charge >= 0.3 is 0 Å². The summed E-state index contributed by atoms with van der Waals surface area (Å²) in [6.07, 6.45) is 0.733. The SMILES string of the molecule is CCC(=O)N[C@@H](Cc1ccccc1)C(=O)Nc1cc(C)on1. The van der Waals surface area contributed by atoms with Crippen molar-refractivity contribution in [2.45, 2.75) is 32.7 Å². The second-order valence-electron chi connectivity index (χ2n) is 4.98. The van der Waals surface area contributed by atoms with E-state index in [1.165, 1.54) is 0 Å². The van der Waals surface area contributed by atoms with Gasteiger partial charge in [-0.3, -0.25) is 9.59 Å². The molecule has 1 atom stereocenters. The lowest BCUT2D eigenvalue weighted by molar-refractivity contribution is -0.126. The molecule has 0 spiro atoms. The largest absolute Gasteiger partial charge is 0.360 e. The molecule has 6 nitrogen and oxygen atoms in total. The van der Waals surface area contributed by atoms with Crippen molar-refractivity contribution < 1.29 is 14.1 Å². The molecule has 0 aliphatic carbocycles. The first kappa shape index (κ1) is 15.8. The van der Waals surface area contributed by atoms with E-state index < -0.39 is 6.04 Å². The normalized spacial score (nSPS) is 11.7. The molecule has 2 N–H and O–H groups in total. The van der Waals surface area contributed by atoms with Gasteiger partial charge in [0.1, 0.15) is 11.8 Å². The Morgan fingerprint density at radius 1 is 1.27 bits per heavy atom. The van der Waals surface area contributed by atoms with Crippen molar-refractivity contribution in [2.75, 3.05) is 5.32 Å². The minimum atomic E-state index is -0.660. The molecule has 0 unspecified atom stereocenters. The number of hydrogen-bond donors (Lipinski definition) is 2. The summed E-state index contributed by atoms with van der Waals surface area (Å²) < 4.78 is 4.91. The number of hydrogen-bond acceptors (Lipinski definition) is 4.